The Kier molecular flexibility index (Phi) is 6.35. The average Bonchev–Trinajstić information content (AvgIpc) is 3.47. The second-order valence-corrected chi connectivity index (χ2v) is 7.76. The van der Waals surface area contributed by atoms with Crippen LogP contribution in [0.25, 0.3) is 11.3 Å². The van der Waals surface area contributed by atoms with Crippen molar-refractivity contribution in [3.8, 4) is 17.1 Å². The van der Waals surface area contributed by atoms with Crippen LogP contribution < -0.4 is 10.1 Å². The lowest BCUT2D eigenvalue weighted by molar-refractivity contribution is 0.0929. The van der Waals surface area contributed by atoms with Gasteiger partial charge in [0.25, 0.3) is 5.91 Å². The van der Waals surface area contributed by atoms with Crippen molar-refractivity contribution in [3.05, 3.63) is 70.9 Å². The van der Waals surface area contributed by atoms with E-state index in [-0.39, 0.29) is 17.6 Å². The highest BCUT2D eigenvalue weighted by Crippen LogP contribution is 2.27. The first-order valence-corrected chi connectivity index (χ1v) is 10.4. The van der Waals surface area contributed by atoms with Crippen LogP contribution in [0.5, 0.6) is 5.75 Å². The van der Waals surface area contributed by atoms with Gasteiger partial charge in [-0.1, -0.05) is 28.9 Å². The van der Waals surface area contributed by atoms with Crippen molar-refractivity contribution in [2.45, 2.75) is 18.9 Å². The second kappa shape index (κ2) is 9.32. The van der Waals surface area contributed by atoms with Crippen LogP contribution in [0.15, 0.2) is 59.1 Å². The summed E-state index contributed by atoms with van der Waals surface area (Å²) in [4.78, 5) is 15.1. The van der Waals surface area contributed by atoms with Crippen molar-refractivity contribution in [3.63, 3.8) is 0 Å². The molecule has 1 atom stereocenters. The average molecular weight is 426 g/mol. The molecule has 1 amide bonds. The van der Waals surface area contributed by atoms with E-state index in [0.29, 0.717) is 17.3 Å². The van der Waals surface area contributed by atoms with E-state index in [0.717, 1.165) is 30.0 Å². The molecule has 1 saturated heterocycles. The number of carbonyl (C=O) groups excluding carboxylic acids is 1. The van der Waals surface area contributed by atoms with E-state index in [9.17, 15) is 4.79 Å². The van der Waals surface area contributed by atoms with Gasteiger partial charge in [-0.25, -0.2) is 0 Å². The quantitative estimate of drug-likeness (QED) is 0.600. The number of methoxy groups -OCH3 is 1. The molecule has 2 aromatic carbocycles. The lowest BCUT2D eigenvalue weighted by Gasteiger charge is -2.28. The molecule has 1 N–H and O–H groups in total. The fourth-order valence-corrected chi connectivity index (χ4v) is 3.88. The predicted molar refractivity (Wildman–Crippen MR) is 116 cm³/mol. The van der Waals surface area contributed by atoms with Crippen molar-refractivity contribution in [2.75, 3.05) is 26.7 Å². The van der Waals surface area contributed by atoms with Crippen LogP contribution in [-0.2, 0) is 0 Å². The SMILES string of the molecule is COc1ccc(C(CNC(=O)c2cc(-c3ccc(Cl)cc3)on2)N2CCCC2)cc1. The number of hydrogen-bond donors (Lipinski definition) is 1. The van der Waals surface area contributed by atoms with Crippen LogP contribution in [0.3, 0.4) is 0 Å². The summed E-state index contributed by atoms with van der Waals surface area (Å²) in [5.41, 5.74) is 2.23. The molecule has 2 heterocycles. The Labute approximate surface area is 180 Å². The maximum Gasteiger partial charge on any atom is 0.273 e. The molecule has 6 nitrogen and oxygen atoms in total. The Balaban J connectivity index is 1.45. The minimum absolute atomic E-state index is 0.102. The van der Waals surface area contributed by atoms with E-state index in [1.807, 2.05) is 24.3 Å². The Morgan fingerprint density at radius 3 is 2.53 bits per heavy atom. The zero-order valence-electron chi connectivity index (χ0n) is 16.8. The Hall–Kier alpha value is -2.83. The number of hydrogen-bond acceptors (Lipinski definition) is 5. The van der Waals surface area contributed by atoms with Crippen molar-refractivity contribution in [1.29, 1.82) is 0 Å². The van der Waals surface area contributed by atoms with Crippen LogP contribution in [-0.4, -0.2) is 42.7 Å². The van der Waals surface area contributed by atoms with Gasteiger partial charge in [-0.05, 0) is 67.9 Å². The first-order chi connectivity index (χ1) is 14.6. The molecule has 1 aliphatic heterocycles. The summed E-state index contributed by atoms with van der Waals surface area (Å²) in [6.07, 6.45) is 2.35. The highest BCUT2D eigenvalue weighted by Gasteiger charge is 2.25. The van der Waals surface area contributed by atoms with E-state index >= 15 is 0 Å². The maximum atomic E-state index is 12.7. The third kappa shape index (κ3) is 4.66. The van der Waals surface area contributed by atoms with Crippen molar-refractivity contribution < 1.29 is 14.1 Å². The number of carbonyl (C=O) groups is 1. The van der Waals surface area contributed by atoms with E-state index in [1.165, 1.54) is 12.8 Å². The van der Waals surface area contributed by atoms with Gasteiger partial charge in [-0.3, -0.25) is 9.69 Å². The molecule has 1 unspecified atom stereocenters. The molecule has 156 valence electrons. The monoisotopic (exact) mass is 425 g/mol. The normalized spacial score (nSPS) is 15.1. The van der Waals surface area contributed by atoms with Crippen molar-refractivity contribution in [1.82, 2.24) is 15.4 Å². The lowest BCUT2D eigenvalue weighted by Crippen LogP contribution is -2.36. The summed E-state index contributed by atoms with van der Waals surface area (Å²) in [6.45, 7) is 2.54. The van der Waals surface area contributed by atoms with Gasteiger partial charge in [0.2, 0.25) is 0 Å². The van der Waals surface area contributed by atoms with Crippen LogP contribution in [0.4, 0.5) is 0 Å². The maximum absolute atomic E-state index is 12.7. The largest absolute Gasteiger partial charge is 0.497 e. The molecular formula is C23H24ClN3O3. The van der Waals surface area contributed by atoms with Crippen molar-refractivity contribution in [2.24, 2.45) is 0 Å². The van der Waals surface area contributed by atoms with Gasteiger partial charge in [0.1, 0.15) is 5.75 Å². The van der Waals surface area contributed by atoms with Crippen LogP contribution in [0, 0.1) is 0 Å². The van der Waals surface area contributed by atoms with E-state index in [1.54, 1.807) is 25.3 Å². The number of amides is 1. The molecule has 4 rings (SSSR count). The summed E-state index contributed by atoms with van der Waals surface area (Å²) in [6, 6.07) is 17.0. The molecule has 1 aromatic heterocycles. The molecule has 30 heavy (non-hydrogen) atoms. The summed E-state index contributed by atoms with van der Waals surface area (Å²) in [5.74, 6) is 1.10. The molecule has 1 fully saturated rings. The standard InChI is InChI=1S/C23H24ClN3O3/c1-29-19-10-6-16(7-11-19)21(27-12-2-3-13-27)15-25-23(28)20-14-22(30-26-20)17-4-8-18(24)9-5-17/h4-11,14,21H,2-3,12-13,15H2,1H3,(H,25,28). The number of aromatic nitrogens is 1. The van der Waals surface area contributed by atoms with Gasteiger partial charge in [0.15, 0.2) is 11.5 Å². The van der Waals surface area contributed by atoms with Gasteiger partial charge in [-0.2, -0.15) is 0 Å². The zero-order chi connectivity index (χ0) is 20.9. The molecule has 0 saturated carbocycles. The van der Waals surface area contributed by atoms with Crippen LogP contribution in [0.2, 0.25) is 5.02 Å². The third-order valence-corrected chi connectivity index (χ3v) is 5.66. The molecule has 0 bridgehead atoms. The summed E-state index contributed by atoms with van der Waals surface area (Å²) >= 11 is 5.93. The molecule has 0 spiro atoms. The number of ether oxygens (including phenoxy) is 1. The third-order valence-electron chi connectivity index (χ3n) is 5.41. The Bertz CT molecular complexity index is 980. The molecule has 0 aliphatic carbocycles. The summed E-state index contributed by atoms with van der Waals surface area (Å²) in [5, 5.41) is 7.60. The van der Waals surface area contributed by atoms with Gasteiger partial charge in [-0.15, -0.1) is 0 Å². The fourth-order valence-electron chi connectivity index (χ4n) is 3.75. The predicted octanol–water partition coefficient (Wildman–Crippen LogP) is 4.57. The zero-order valence-corrected chi connectivity index (χ0v) is 17.6. The van der Waals surface area contributed by atoms with Gasteiger partial charge in [0, 0.05) is 23.2 Å². The minimum atomic E-state index is -0.253. The van der Waals surface area contributed by atoms with Crippen molar-refractivity contribution >= 4 is 17.5 Å². The summed E-state index contributed by atoms with van der Waals surface area (Å²) in [7, 11) is 1.66. The highest BCUT2D eigenvalue weighted by atomic mass is 35.5. The highest BCUT2D eigenvalue weighted by molar-refractivity contribution is 6.30. The minimum Gasteiger partial charge on any atom is -0.497 e. The fraction of sp³-hybridized carbons (Fsp3) is 0.304. The van der Waals surface area contributed by atoms with Gasteiger partial charge in [0.05, 0.1) is 13.2 Å². The first kappa shape index (κ1) is 20.4. The Morgan fingerprint density at radius 2 is 1.87 bits per heavy atom. The smallest absolute Gasteiger partial charge is 0.273 e. The number of benzene rings is 2. The number of likely N-dealkylation sites (tertiary alicyclic amines) is 1. The van der Waals surface area contributed by atoms with Gasteiger partial charge >= 0.3 is 0 Å². The number of nitrogens with one attached hydrogen (secondary N) is 1. The summed E-state index contributed by atoms with van der Waals surface area (Å²) < 4.78 is 10.6. The number of nitrogens with zero attached hydrogens (tertiary/aromatic N) is 2. The molecule has 3 aromatic rings. The van der Waals surface area contributed by atoms with Crippen LogP contribution in [0.1, 0.15) is 34.9 Å². The second-order valence-electron chi connectivity index (χ2n) is 7.33. The van der Waals surface area contributed by atoms with E-state index in [2.05, 4.69) is 27.5 Å². The number of rotatable bonds is 7. The molecular weight excluding hydrogens is 402 g/mol. The molecule has 0 radical (unpaired) electrons. The van der Waals surface area contributed by atoms with Crippen LogP contribution >= 0.6 is 11.6 Å². The topological polar surface area (TPSA) is 67.6 Å². The Morgan fingerprint density at radius 1 is 1.17 bits per heavy atom. The molecule has 1 aliphatic rings. The lowest BCUT2D eigenvalue weighted by atomic mass is 10.1. The van der Waals surface area contributed by atoms with Gasteiger partial charge < -0.3 is 14.6 Å². The number of halogens is 1. The van der Waals surface area contributed by atoms with E-state index in [4.69, 9.17) is 20.9 Å². The molecule has 7 heteroatoms. The first-order valence-electron chi connectivity index (χ1n) is 10.0. The van der Waals surface area contributed by atoms with E-state index < -0.39 is 0 Å².